The molecule has 1 heterocycles. The van der Waals surface area contributed by atoms with E-state index in [-0.39, 0.29) is 12.5 Å². The zero-order valence-electron chi connectivity index (χ0n) is 19.3. The normalized spacial score (nSPS) is 10.9. The van der Waals surface area contributed by atoms with Crippen LogP contribution in [0.15, 0.2) is 82.4 Å². The monoisotopic (exact) mass is 457 g/mol. The van der Waals surface area contributed by atoms with E-state index < -0.39 is 11.1 Å². The average molecular weight is 458 g/mol. The minimum atomic E-state index is -0.558. The Labute approximate surface area is 197 Å². The van der Waals surface area contributed by atoms with E-state index in [9.17, 15) is 14.4 Å². The number of rotatable bonds is 8. The lowest BCUT2D eigenvalue weighted by Gasteiger charge is -2.14. The van der Waals surface area contributed by atoms with Gasteiger partial charge < -0.3 is 14.6 Å². The van der Waals surface area contributed by atoms with Crippen molar-refractivity contribution < 1.29 is 9.53 Å². The van der Waals surface area contributed by atoms with Gasteiger partial charge in [0.25, 0.3) is 5.91 Å². The third-order valence-electron chi connectivity index (χ3n) is 5.70. The summed E-state index contributed by atoms with van der Waals surface area (Å²) >= 11 is 0. The maximum atomic E-state index is 12.8. The van der Waals surface area contributed by atoms with E-state index in [4.69, 9.17) is 4.74 Å². The lowest BCUT2D eigenvalue weighted by atomic mass is 10.1. The Balaban J connectivity index is 1.49. The van der Waals surface area contributed by atoms with Crippen LogP contribution in [-0.2, 0) is 19.6 Å². The van der Waals surface area contributed by atoms with Gasteiger partial charge in [-0.05, 0) is 61.4 Å². The third kappa shape index (κ3) is 4.78. The molecule has 3 aromatic carbocycles. The molecule has 1 N–H and O–H groups in total. The first-order valence-corrected chi connectivity index (χ1v) is 11.3. The first kappa shape index (κ1) is 23.0. The van der Waals surface area contributed by atoms with Crippen LogP contribution in [0.25, 0.3) is 11.0 Å². The zero-order chi connectivity index (χ0) is 24.1. The molecule has 0 saturated carbocycles. The Morgan fingerprint density at radius 1 is 0.794 bits per heavy atom. The zero-order valence-corrected chi connectivity index (χ0v) is 19.3. The molecule has 34 heavy (non-hydrogen) atoms. The van der Waals surface area contributed by atoms with E-state index >= 15 is 0 Å². The molecule has 7 nitrogen and oxygen atoms in total. The number of nitrogens with one attached hydrogen (secondary N) is 1. The summed E-state index contributed by atoms with van der Waals surface area (Å²) in [4.78, 5) is 37.9. The summed E-state index contributed by atoms with van der Waals surface area (Å²) in [5, 5.41) is 2.91. The van der Waals surface area contributed by atoms with Gasteiger partial charge in [0.15, 0.2) is 0 Å². The molecule has 0 bridgehead atoms. The summed E-state index contributed by atoms with van der Waals surface area (Å²) in [5.74, 6) is 0.612. The van der Waals surface area contributed by atoms with Crippen molar-refractivity contribution in [3.05, 3.63) is 110 Å². The van der Waals surface area contributed by atoms with Crippen LogP contribution in [0.5, 0.6) is 5.75 Å². The van der Waals surface area contributed by atoms with Crippen molar-refractivity contribution in [2.75, 3.05) is 6.61 Å². The van der Waals surface area contributed by atoms with E-state index in [1.165, 1.54) is 9.13 Å². The smallest absolute Gasteiger partial charge is 0.317 e. The van der Waals surface area contributed by atoms with Gasteiger partial charge >= 0.3 is 11.1 Å². The summed E-state index contributed by atoms with van der Waals surface area (Å²) in [6.45, 7) is 5.46. The molecular weight excluding hydrogens is 430 g/mol. The van der Waals surface area contributed by atoms with Gasteiger partial charge in [-0.2, -0.15) is 0 Å². The molecule has 0 aliphatic rings. The second kappa shape index (κ2) is 10.2. The first-order chi connectivity index (χ1) is 16.5. The van der Waals surface area contributed by atoms with Crippen molar-refractivity contribution in [3.8, 4) is 5.75 Å². The van der Waals surface area contributed by atoms with Crippen molar-refractivity contribution in [3.63, 3.8) is 0 Å². The van der Waals surface area contributed by atoms with Crippen LogP contribution in [0.2, 0.25) is 0 Å². The van der Waals surface area contributed by atoms with Gasteiger partial charge in [0.05, 0.1) is 24.2 Å². The molecule has 0 atom stereocenters. The third-order valence-corrected chi connectivity index (χ3v) is 5.70. The highest BCUT2D eigenvalue weighted by Gasteiger charge is 2.13. The first-order valence-electron chi connectivity index (χ1n) is 11.3. The number of amides is 1. The van der Waals surface area contributed by atoms with Gasteiger partial charge in [-0.25, -0.2) is 0 Å². The van der Waals surface area contributed by atoms with Crippen LogP contribution in [0, 0.1) is 0 Å². The Bertz CT molecular complexity index is 1420. The minimum absolute atomic E-state index is 0.186. The van der Waals surface area contributed by atoms with Gasteiger partial charge in [-0.1, -0.05) is 36.4 Å². The average Bonchev–Trinajstić information content (AvgIpc) is 2.87. The number of para-hydroxylation sites is 2. The van der Waals surface area contributed by atoms with Gasteiger partial charge in [0, 0.05) is 18.7 Å². The SMILES string of the molecule is CCOc1ccc(CNC(=O)c2ccc(Cn3c(=O)c(=O)n(CC)c4ccccc43)cc2)cc1. The maximum Gasteiger partial charge on any atom is 0.317 e. The van der Waals surface area contributed by atoms with E-state index in [1.54, 1.807) is 24.3 Å². The topological polar surface area (TPSA) is 82.3 Å². The van der Waals surface area contributed by atoms with Gasteiger partial charge in [0.1, 0.15) is 5.75 Å². The van der Waals surface area contributed by atoms with Crippen LogP contribution in [-0.4, -0.2) is 21.6 Å². The van der Waals surface area contributed by atoms with Gasteiger partial charge in [-0.15, -0.1) is 0 Å². The van der Waals surface area contributed by atoms with Crippen LogP contribution in [0.1, 0.15) is 35.3 Å². The van der Waals surface area contributed by atoms with Crippen molar-refractivity contribution in [2.45, 2.75) is 33.5 Å². The molecule has 0 aliphatic carbocycles. The Kier molecular flexibility index (Phi) is 6.92. The molecule has 7 heteroatoms. The van der Waals surface area contributed by atoms with Crippen molar-refractivity contribution in [1.29, 1.82) is 0 Å². The standard InChI is InChI=1S/C27H27N3O4/c1-3-29-23-7-5-6-8-24(23)30(27(33)26(29)32)18-20-9-13-21(14-10-20)25(31)28-17-19-11-15-22(16-12-19)34-4-2/h5-16H,3-4,17-18H2,1-2H3,(H,28,31). The molecule has 1 aromatic heterocycles. The number of carbonyl (C=O) groups is 1. The number of aryl methyl sites for hydroxylation is 1. The van der Waals surface area contributed by atoms with Gasteiger partial charge in [-0.3, -0.25) is 19.0 Å². The van der Waals surface area contributed by atoms with E-state index in [0.717, 1.165) is 22.4 Å². The predicted octanol–water partition coefficient (Wildman–Crippen LogP) is 3.56. The largest absolute Gasteiger partial charge is 0.494 e. The van der Waals surface area contributed by atoms with Crippen molar-refractivity contribution >= 4 is 16.9 Å². The quantitative estimate of drug-likeness (QED) is 0.410. The maximum absolute atomic E-state index is 12.8. The molecule has 4 aromatic rings. The fourth-order valence-corrected chi connectivity index (χ4v) is 3.94. The van der Waals surface area contributed by atoms with E-state index in [0.29, 0.717) is 30.8 Å². The molecule has 0 spiro atoms. The summed E-state index contributed by atoms with van der Waals surface area (Å²) in [5.41, 5.74) is 2.65. The van der Waals surface area contributed by atoms with Crippen molar-refractivity contribution in [1.82, 2.24) is 14.5 Å². The number of fused-ring (bicyclic) bond motifs is 1. The van der Waals surface area contributed by atoms with Crippen LogP contribution < -0.4 is 21.2 Å². The van der Waals surface area contributed by atoms with Crippen LogP contribution in [0.3, 0.4) is 0 Å². The van der Waals surface area contributed by atoms with E-state index in [2.05, 4.69) is 5.32 Å². The second-order valence-corrected chi connectivity index (χ2v) is 7.89. The highest BCUT2D eigenvalue weighted by molar-refractivity contribution is 5.94. The fraction of sp³-hybridized carbons (Fsp3) is 0.222. The number of carbonyl (C=O) groups excluding carboxylic acids is 1. The molecule has 0 unspecified atom stereocenters. The number of ether oxygens (including phenoxy) is 1. The lowest BCUT2D eigenvalue weighted by molar-refractivity contribution is 0.0951. The molecule has 174 valence electrons. The van der Waals surface area contributed by atoms with Crippen molar-refractivity contribution in [2.24, 2.45) is 0 Å². The Morgan fingerprint density at radius 2 is 1.38 bits per heavy atom. The highest BCUT2D eigenvalue weighted by atomic mass is 16.5. The molecule has 0 aliphatic heterocycles. The lowest BCUT2D eigenvalue weighted by Crippen LogP contribution is -2.41. The molecule has 1 amide bonds. The molecule has 4 rings (SSSR count). The summed E-state index contributed by atoms with van der Waals surface area (Å²) in [6, 6.07) is 22.0. The summed E-state index contributed by atoms with van der Waals surface area (Å²) in [6.07, 6.45) is 0. The van der Waals surface area contributed by atoms with Crippen LogP contribution in [0.4, 0.5) is 0 Å². The number of hydrogen-bond donors (Lipinski definition) is 1. The fourth-order valence-electron chi connectivity index (χ4n) is 3.94. The number of aromatic nitrogens is 2. The number of benzene rings is 3. The minimum Gasteiger partial charge on any atom is -0.494 e. The van der Waals surface area contributed by atoms with E-state index in [1.807, 2.05) is 62.4 Å². The number of nitrogens with zero attached hydrogens (tertiary/aromatic N) is 2. The Hall–Kier alpha value is -4.13. The molecule has 0 fully saturated rings. The summed E-state index contributed by atoms with van der Waals surface area (Å²) in [7, 11) is 0. The highest BCUT2D eigenvalue weighted by Crippen LogP contribution is 2.14. The van der Waals surface area contributed by atoms with Gasteiger partial charge in [0.2, 0.25) is 0 Å². The predicted molar refractivity (Wildman–Crippen MR) is 132 cm³/mol. The second-order valence-electron chi connectivity index (χ2n) is 7.89. The molecule has 0 saturated heterocycles. The van der Waals surface area contributed by atoms with Crippen LogP contribution >= 0.6 is 0 Å². The molecular formula is C27H27N3O4. The number of hydrogen-bond acceptors (Lipinski definition) is 4. The molecule has 0 radical (unpaired) electrons. The summed E-state index contributed by atoms with van der Waals surface area (Å²) < 4.78 is 8.41. The Morgan fingerprint density at radius 3 is 2.00 bits per heavy atom.